The average molecular weight is 211 g/mol. The highest BCUT2D eigenvalue weighted by atomic mass is 35.5. The molecule has 0 heterocycles. The fourth-order valence-corrected chi connectivity index (χ4v) is 1.21. The van der Waals surface area contributed by atoms with Crippen LogP contribution in [0.4, 0.5) is 0 Å². The molecule has 0 spiro atoms. The highest BCUT2D eigenvalue weighted by Gasteiger charge is 1.95. The number of ether oxygens (including phenoxy) is 1. The van der Waals surface area contributed by atoms with E-state index in [4.69, 9.17) is 16.3 Å². The smallest absolute Gasteiger partial charge is 0.120 e. The Kier molecular flexibility index (Phi) is 4.54. The Morgan fingerprint density at radius 3 is 2.64 bits per heavy atom. The molecule has 14 heavy (non-hydrogen) atoms. The largest absolute Gasteiger partial charge is 0.490 e. The number of hydrogen-bond acceptors (Lipinski definition) is 1. The average Bonchev–Trinajstić information content (AvgIpc) is 2.18. The Balaban J connectivity index is 2.51. The zero-order chi connectivity index (χ0) is 10.4. The van der Waals surface area contributed by atoms with Gasteiger partial charge in [0.15, 0.2) is 0 Å². The molecular weight excluding hydrogens is 196 g/mol. The molecule has 0 fully saturated rings. The van der Waals surface area contributed by atoms with Crippen LogP contribution in [0.5, 0.6) is 5.75 Å². The van der Waals surface area contributed by atoms with E-state index in [1.807, 2.05) is 24.3 Å². The first-order valence-electron chi connectivity index (χ1n) is 4.65. The molecule has 1 aromatic carbocycles. The Labute approximate surface area is 90.3 Å². The van der Waals surface area contributed by atoms with E-state index in [0.717, 1.165) is 5.75 Å². The molecule has 1 aromatic rings. The lowest BCUT2D eigenvalue weighted by Gasteiger charge is -2.05. The molecule has 0 bridgehead atoms. The lowest BCUT2D eigenvalue weighted by molar-refractivity contribution is 0.362. The second kappa shape index (κ2) is 5.71. The molecule has 0 saturated heterocycles. The summed E-state index contributed by atoms with van der Waals surface area (Å²) in [4.78, 5) is 0. The van der Waals surface area contributed by atoms with Crippen molar-refractivity contribution in [1.82, 2.24) is 0 Å². The summed E-state index contributed by atoms with van der Waals surface area (Å²) < 4.78 is 5.50. The minimum Gasteiger partial charge on any atom is -0.490 e. The molecule has 0 aromatic heterocycles. The van der Waals surface area contributed by atoms with Gasteiger partial charge in [0.25, 0.3) is 0 Å². The lowest BCUT2D eigenvalue weighted by atomic mass is 10.1. The van der Waals surface area contributed by atoms with Gasteiger partial charge in [0, 0.05) is 5.88 Å². The second-order valence-electron chi connectivity index (χ2n) is 3.18. The number of benzene rings is 1. The van der Waals surface area contributed by atoms with Crippen LogP contribution in [0, 0.1) is 13.8 Å². The summed E-state index contributed by atoms with van der Waals surface area (Å²) in [6.45, 7) is 4.75. The molecule has 0 saturated carbocycles. The summed E-state index contributed by atoms with van der Waals surface area (Å²) >= 11 is 5.49. The third-order valence-electron chi connectivity index (χ3n) is 2.08. The maximum Gasteiger partial charge on any atom is 0.120 e. The topological polar surface area (TPSA) is 9.23 Å². The number of alkyl halides is 1. The van der Waals surface area contributed by atoms with Gasteiger partial charge >= 0.3 is 0 Å². The zero-order valence-corrected chi connectivity index (χ0v) is 9.34. The van der Waals surface area contributed by atoms with Gasteiger partial charge in [0.2, 0.25) is 0 Å². The van der Waals surface area contributed by atoms with Crippen molar-refractivity contribution in [1.29, 1.82) is 0 Å². The molecule has 0 unspecified atom stereocenters. The Morgan fingerprint density at radius 1 is 1.21 bits per heavy atom. The van der Waals surface area contributed by atoms with E-state index in [1.54, 1.807) is 0 Å². The number of rotatable bonds is 4. The zero-order valence-electron chi connectivity index (χ0n) is 8.59. The summed E-state index contributed by atoms with van der Waals surface area (Å²) in [6.07, 6.45) is 3.80. The molecule has 0 atom stereocenters. The van der Waals surface area contributed by atoms with E-state index in [9.17, 15) is 0 Å². The fourth-order valence-electron chi connectivity index (χ4n) is 1.08. The van der Waals surface area contributed by atoms with Gasteiger partial charge in [-0.2, -0.15) is 0 Å². The van der Waals surface area contributed by atoms with Gasteiger partial charge < -0.3 is 4.74 Å². The van der Waals surface area contributed by atoms with Crippen molar-refractivity contribution in [3.8, 4) is 5.75 Å². The molecule has 0 aliphatic heterocycles. The quantitative estimate of drug-likeness (QED) is 0.546. The van der Waals surface area contributed by atoms with Gasteiger partial charge in [-0.15, -0.1) is 11.6 Å². The van der Waals surface area contributed by atoms with E-state index in [1.165, 1.54) is 11.1 Å². The normalized spacial score (nSPS) is 10.8. The predicted molar refractivity (Wildman–Crippen MR) is 61.3 cm³/mol. The van der Waals surface area contributed by atoms with Crippen molar-refractivity contribution >= 4 is 11.6 Å². The van der Waals surface area contributed by atoms with Crippen molar-refractivity contribution < 1.29 is 4.74 Å². The number of allylic oxidation sites excluding steroid dienone is 1. The van der Waals surface area contributed by atoms with Gasteiger partial charge in [0.1, 0.15) is 12.4 Å². The Morgan fingerprint density at radius 2 is 2.00 bits per heavy atom. The second-order valence-corrected chi connectivity index (χ2v) is 3.49. The Hall–Kier alpha value is -0.950. The van der Waals surface area contributed by atoms with E-state index >= 15 is 0 Å². The van der Waals surface area contributed by atoms with Gasteiger partial charge in [-0.05, 0) is 37.1 Å². The third kappa shape index (κ3) is 3.43. The van der Waals surface area contributed by atoms with Crippen LogP contribution >= 0.6 is 11.6 Å². The highest BCUT2D eigenvalue weighted by Crippen LogP contribution is 2.16. The van der Waals surface area contributed by atoms with Crippen molar-refractivity contribution in [3.63, 3.8) is 0 Å². The van der Waals surface area contributed by atoms with Crippen molar-refractivity contribution in [3.05, 3.63) is 41.5 Å². The van der Waals surface area contributed by atoms with E-state index in [2.05, 4.69) is 19.9 Å². The van der Waals surface area contributed by atoms with Crippen LogP contribution < -0.4 is 4.74 Å². The van der Waals surface area contributed by atoms with Gasteiger partial charge in [-0.25, -0.2) is 0 Å². The van der Waals surface area contributed by atoms with Gasteiger partial charge in [0.05, 0.1) is 0 Å². The highest BCUT2D eigenvalue weighted by molar-refractivity contribution is 6.18. The van der Waals surface area contributed by atoms with E-state index < -0.39 is 0 Å². The predicted octanol–water partition coefficient (Wildman–Crippen LogP) is 3.48. The minimum atomic E-state index is 0.538. The number of aryl methyl sites for hydroxylation is 2. The molecule has 1 nitrogen and oxygen atoms in total. The van der Waals surface area contributed by atoms with E-state index in [-0.39, 0.29) is 0 Å². The summed E-state index contributed by atoms with van der Waals surface area (Å²) in [5, 5.41) is 0. The summed E-state index contributed by atoms with van der Waals surface area (Å²) in [5.74, 6) is 1.45. The van der Waals surface area contributed by atoms with Crippen molar-refractivity contribution in [2.45, 2.75) is 13.8 Å². The molecule has 2 heteroatoms. The maximum atomic E-state index is 5.50. The first-order chi connectivity index (χ1) is 6.74. The number of halogens is 1. The first kappa shape index (κ1) is 11.1. The molecule has 1 rings (SSSR count). The summed E-state index contributed by atoms with van der Waals surface area (Å²) in [5.41, 5.74) is 2.54. The molecule has 0 N–H and O–H groups in total. The summed E-state index contributed by atoms with van der Waals surface area (Å²) in [6, 6.07) is 6.09. The minimum absolute atomic E-state index is 0.538. The van der Waals surface area contributed by atoms with Crippen LogP contribution in [-0.4, -0.2) is 12.5 Å². The maximum absolute atomic E-state index is 5.50. The van der Waals surface area contributed by atoms with Crippen LogP contribution in [0.2, 0.25) is 0 Å². The SMILES string of the molecule is Cc1ccc(OCC=CCCl)cc1C. The molecular formula is C12H15ClO. The molecule has 0 amide bonds. The third-order valence-corrected chi connectivity index (χ3v) is 2.26. The lowest BCUT2D eigenvalue weighted by Crippen LogP contribution is -1.94. The Bertz CT molecular complexity index is 318. The van der Waals surface area contributed by atoms with Crippen LogP contribution in [0.25, 0.3) is 0 Å². The first-order valence-corrected chi connectivity index (χ1v) is 5.18. The van der Waals surface area contributed by atoms with Crippen molar-refractivity contribution in [2.75, 3.05) is 12.5 Å². The fraction of sp³-hybridized carbons (Fsp3) is 0.333. The molecule has 76 valence electrons. The van der Waals surface area contributed by atoms with E-state index in [0.29, 0.717) is 12.5 Å². The summed E-state index contributed by atoms with van der Waals surface area (Å²) in [7, 11) is 0. The molecule has 0 radical (unpaired) electrons. The van der Waals surface area contributed by atoms with Crippen LogP contribution in [-0.2, 0) is 0 Å². The van der Waals surface area contributed by atoms with Crippen LogP contribution in [0.3, 0.4) is 0 Å². The van der Waals surface area contributed by atoms with Crippen LogP contribution in [0.15, 0.2) is 30.4 Å². The van der Waals surface area contributed by atoms with Gasteiger partial charge in [-0.3, -0.25) is 0 Å². The van der Waals surface area contributed by atoms with Crippen molar-refractivity contribution in [2.24, 2.45) is 0 Å². The monoisotopic (exact) mass is 210 g/mol. The standard InChI is InChI=1S/C12H15ClO/c1-10-5-6-12(9-11(10)2)14-8-4-3-7-13/h3-6,9H,7-8H2,1-2H3. The van der Waals surface area contributed by atoms with Gasteiger partial charge in [-0.1, -0.05) is 18.2 Å². The molecule has 0 aliphatic rings. The number of hydrogen-bond donors (Lipinski definition) is 0. The molecule has 0 aliphatic carbocycles. The van der Waals surface area contributed by atoms with Crippen LogP contribution in [0.1, 0.15) is 11.1 Å².